The number of hydrogen-bond acceptors (Lipinski definition) is 4. The van der Waals surface area contributed by atoms with Crippen LogP contribution in [-0.2, 0) is 17.4 Å². The SMILES string of the molecule is CCN(CC(=O)O)C1CC(NC(=O)NCCc2cc(C(F)(F)F)ccn2)C1. The number of likely N-dealkylation sites (N-methyl/N-ethyl adjacent to an activating group) is 1. The summed E-state index contributed by atoms with van der Waals surface area (Å²) in [5, 5.41) is 14.2. The van der Waals surface area contributed by atoms with Crippen LogP contribution in [0.3, 0.4) is 0 Å². The quantitative estimate of drug-likeness (QED) is 0.632. The molecule has 0 spiro atoms. The fraction of sp³-hybridized carbons (Fsp3) is 0.588. The van der Waals surface area contributed by atoms with Gasteiger partial charge in [-0.25, -0.2) is 4.79 Å². The molecule has 1 heterocycles. The van der Waals surface area contributed by atoms with Crippen molar-refractivity contribution in [1.29, 1.82) is 0 Å². The van der Waals surface area contributed by atoms with Crippen molar-refractivity contribution in [3.63, 3.8) is 0 Å². The molecule has 27 heavy (non-hydrogen) atoms. The smallest absolute Gasteiger partial charge is 0.416 e. The van der Waals surface area contributed by atoms with Crippen molar-refractivity contribution in [2.75, 3.05) is 19.6 Å². The molecule has 150 valence electrons. The number of aromatic nitrogens is 1. The van der Waals surface area contributed by atoms with E-state index in [2.05, 4.69) is 15.6 Å². The van der Waals surface area contributed by atoms with Crippen molar-refractivity contribution in [1.82, 2.24) is 20.5 Å². The van der Waals surface area contributed by atoms with Gasteiger partial charge >= 0.3 is 18.2 Å². The van der Waals surface area contributed by atoms with Crippen LogP contribution in [0.15, 0.2) is 18.3 Å². The second-order valence-corrected chi connectivity index (χ2v) is 6.46. The van der Waals surface area contributed by atoms with E-state index >= 15 is 0 Å². The normalized spacial score (nSPS) is 19.4. The Morgan fingerprint density at radius 2 is 2.07 bits per heavy atom. The van der Waals surface area contributed by atoms with Crippen molar-refractivity contribution in [2.45, 2.75) is 44.4 Å². The molecule has 1 saturated carbocycles. The second-order valence-electron chi connectivity index (χ2n) is 6.46. The lowest BCUT2D eigenvalue weighted by Crippen LogP contribution is -2.56. The van der Waals surface area contributed by atoms with Crippen LogP contribution >= 0.6 is 0 Å². The number of carbonyl (C=O) groups excluding carboxylic acids is 1. The number of carboxylic acid groups (broad SMARTS) is 1. The van der Waals surface area contributed by atoms with E-state index in [-0.39, 0.29) is 37.3 Å². The Morgan fingerprint density at radius 3 is 2.67 bits per heavy atom. The number of alkyl halides is 3. The number of carbonyl (C=O) groups is 2. The molecular weight excluding hydrogens is 365 g/mol. The minimum atomic E-state index is -4.42. The number of nitrogens with zero attached hydrogens (tertiary/aromatic N) is 2. The molecule has 0 aromatic carbocycles. The molecule has 0 bridgehead atoms. The minimum absolute atomic E-state index is 0.0237. The van der Waals surface area contributed by atoms with E-state index < -0.39 is 23.7 Å². The van der Waals surface area contributed by atoms with Crippen molar-refractivity contribution >= 4 is 12.0 Å². The van der Waals surface area contributed by atoms with E-state index in [1.165, 1.54) is 0 Å². The highest BCUT2D eigenvalue weighted by Gasteiger charge is 2.34. The monoisotopic (exact) mass is 388 g/mol. The summed E-state index contributed by atoms with van der Waals surface area (Å²) in [6.07, 6.45) is -1.79. The summed E-state index contributed by atoms with van der Waals surface area (Å²) < 4.78 is 37.9. The predicted molar refractivity (Wildman–Crippen MR) is 91.2 cm³/mol. The summed E-state index contributed by atoms with van der Waals surface area (Å²) >= 11 is 0. The molecule has 10 heteroatoms. The Bertz CT molecular complexity index is 663. The van der Waals surface area contributed by atoms with Gasteiger partial charge in [-0.1, -0.05) is 6.92 Å². The van der Waals surface area contributed by atoms with Crippen molar-refractivity contribution in [3.05, 3.63) is 29.6 Å². The van der Waals surface area contributed by atoms with Crippen molar-refractivity contribution in [3.8, 4) is 0 Å². The van der Waals surface area contributed by atoms with Crippen LogP contribution < -0.4 is 10.6 Å². The highest BCUT2D eigenvalue weighted by Crippen LogP contribution is 2.29. The molecule has 1 fully saturated rings. The fourth-order valence-electron chi connectivity index (χ4n) is 3.01. The molecule has 0 aliphatic heterocycles. The van der Waals surface area contributed by atoms with E-state index in [4.69, 9.17) is 5.11 Å². The van der Waals surface area contributed by atoms with Crippen LogP contribution in [0.25, 0.3) is 0 Å². The molecule has 3 N–H and O–H groups in total. The van der Waals surface area contributed by atoms with Crippen LogP contribution in [0.4, 0.5) is 18.0 Å². The maximum absolute atomic E-state index is 12.6. The lowest BCUT2D eigenvalue weighted by molar-refractivity contribution is -0.139. The van der Waals surface area contributed by atoms with Gasteiger partial charge in [-0.2, -0.15) is 13.2 Å². The Kier molecular flexibility index (Phi) is 7.00. The first-order valence-electron chi connectivity index (χ1n) is 8.71. The third-order valence-corrected chi connectivity index (χ3v) is 4.52. The van der Waals surface area contributed by atoms with Crippen molar-refractivity contribution < 1.29 is 27.9 Å². The lowest BCUT2D eigenvalue weighted by Gasteiger charge is -2.42. The average Bonchev–Trinajstić information content (AvgIpc) is 2.55. The number of urea groups is 1. The molecule has 0 unspecified atom stereocenters. The molecule has 7 nitrogen and oxygen atoms in total. The Balaban J connectivity index is 1.69. The number of pyridine rings is 1. The van der Waals surface area contributed by atoms with Gasteiger partial charge in [-0.05, 0) is 31.5 Å². The third-order valence-electron chi connectivity index (χ3n) is 4.52. The van der Waals surface area contributed by atoms with Gasteiger partial charge in [-0.15, -0.1) is 0 Å². The molecule has 2 amide bonds. The molecule has 0 radical (unpaired) electrons. The zero-order valence-electron chi connectivity index (χ0n) is 14.9. The van der Waals surface area contributed by atoms with Crippen LogP contribution in [0, 0.1) is 0 Å². The van der Waals surface area contributed by atoms with Crippen molar-refractivity contribution in [2.24, 2.45) is 0 Å². The van der Waals surface area contributed by atoms with Gasteiger partial charge in [0.2, 0.25) is 0 Å². The fourth-order valence-corrected chi connectivity index (χ4v) is 3.01. The average molecular weight is 388 g/mol. The molecule has 0 saturated heterocycles. The van der Waals surface area contributed by atoms with Gasteiger partial charge in [-0.3, -0.25) is 14.7 Å². The molecular formula is C17H23F3N4O3. The second kappa shape index (κ2) is 9.03. The number of aliphatic carboxylic acids is 1. The molecule has 1 aliphatic rings. The third kappa shape index (κ3) is 6.38. The first-order valence-corrected chi connectivity index (χ1v) is 8.71. The van der Waals surface area contributed by atoms with Gasteiger partial charge in [0.05, 0.1) is 12.1 Å². The van der Waals surface area contributed by atoms with E-state index in [1.807, 2.05) is 11.8 Å². The zero-order chi connectivity index (χ0) is 20.0. The number of carboxylic acids is 1. The Hall–Kier alpha value is -2.36. The lowest BCUT2D eigenvalue weighted by atomic mass is 9.85. The number of amides is 2. The molecule has 0 atom stereocenters. The molecule has 2 rings (SSSR count). The standard InChI is InChI=1S/C17H23F3N4O3/c1-2-24(10-15(25)26)14-8-13(9-14)23-16(27)22-6-4-12-7-11(3-5-21-12)17(18,19)20/h3,5,7,13-14H,2,4,6,8-10H2,1H3,(H,25,26)(H2,22,23,27). The largest absolute Gasteiger partial charge is 0.480 e. The van der Waals surface area contributed by atoms with Gasteiger partial charge in [0.1, 0.15) is 0 Å². The summed E-state index contributed by atoms with van der Waals surface area (Å²) in [5.41, 5.74) is -0.514. The Morgan fingerprint density at radius 1 is 1.37 bits per heavy atom. The highest BCUT2D eigenvalue weighted by atomic mass is 19.4. The first-order chi connectivity index (χ1) is 12.7. The highest BCUT2D eigenvalue weighted by molar-refractivity contribution is 5.74. The molecule has 1 aromatic heterocycles. The minimum Gasteiger partial charge on any atom is -0.480 e. The molecule has 1 aliphatic carbocycles. The summed E-state index contributed by atoms with van der Waals surface area (Å²) in [6, 6.07) is 1.57. The Labute approximate surface area is 154 Å². The maximum atomic E-state index is 12.6. The topological polar surface area (TPSA) is 94.6 Å². The van der Waals surface area contributed by atoms with Crippen LogP contribution in [-0.4, -0.2) is 58.7 Å². The predicted octanol–water partition coefficient (Wildman–Crippen LogP) is 1.88. The van der Waals surface area contributed by atoms with Crippen LogP contribution in [0.1, 0.15) is 31.0 Å². The number of nitrogens with one attached hydrogen (secondary N) is 2. The number of halogens is 3. The maximum Gasteiger partial charge on any atom is 0.416 e. The van der Waals surface area contributed by atoms with E-state index in [0.29, 0.717) is 19.4 Å². The van der Waals surface area contributed by atoms with Gasteiger partial charge in [0, 0.05) is 36.9 Å². The van der Waals surface area contributed by atoms with Crippen LogP contribution in [0.2, 0.25) is 0 Å². The summed E-state index contributed by atoms with van der Waals surface area (Å²) in [6.45, 7) is 2.65. The van der Waals surface area contributed by atoms with E-state index in [0.717, 1.165) is 18.3 Å². The van der Waals surface area contributed by atoms with Gasteiger partial charge in [0.15, 0.2) is 0 Å². The van der Waals surface area contributed by atoms with Gasteiger partial charge < -0.3 is 15.7 Å². The number of hydrogen-bond donors (Lipinski definition) is 3. The number of rotatable bonds is 8. The van der Waals surface area contributed by atoms with E-state index in [9.17, 15) is 22.8 Å². The summed E-state index contributed by atoms with van der Waals surface area (Å²) in [7, 11) is 0. The van der Waals surface area contributed by atoms with Crippen LogP contribution in [0.5, 0.6) is 0 Å². The van der Waals surface area contributed by atoms with E-state index in [1.54, 1.807) is 0 Å². The first kappa shape index (κ1) is 20.9. The zero-order valence-corrected chi connectivity index (χ0v) is 14.9. The summed E-state index contributed by atoms with van der Waals surface area (Å²) in [5.74, 6) is -0.880. The van der Waals surface area contributed by atoms with Gasteiger partial charge in [0.25, 0.3) is 0 Å². The summed E-state index contributed by atoms with van der Waals surface area (Å²) in [4.78, 5) is 28.4. The molecule has 1 aromatic rings.